The molecule has 132 valence electrons. The zero-order valence-electron chi connectivity index (χ0n) is 14.2. The van der Waals surface area contributed by atoms with E-state index in [0.717, 1.165) is 12.0 Å². The standard InChI is InChI=1S/C19H21F2N3O/c1-24(2)17(18-15(20)6-3-7-16(18)21)11-23-19(25)14-9-13(14)12-5-4-8-22-10-12/h3-8,10,13-14,17H,9,11H2,1-2H3,(H,23,25)/t13-,14+,17-/m1/s1. The van der Waals surface area contributed by atoms with Gasteiger partial charge in [0.25, 0.3) is 0 Å². The van der Waals surface area contributed by atoms with E-state index in [2.05, 4.69) is 10.3 Å². The van der Waals surface area contributed by atoms with Crippen molar-refractivity contribution in [3.05, 3.63) is 65.5 Å². The molecular formula is C19H21F2N3O. The molecule has 2 aromatic rings. The Kier molecular flexibility index (Phi) is 5.08. The van der Waals surface area contributed by atoms with Gasteiger partial charge < -0.3 is 10.2 Å². The molecule has 0 aliphatic heterocycles. The number of amides is 1. The minimum atomic E-state index is -0.604. The number of nitrogens with one attached hydrogen (secondary N) is 1. The van der Waals surface area contributed by atoms with Gasteiger partial charge in [0.05, 0.1) is 6.04 Å². The molecule has 1 fully saturated rings. The van der Waals surface area contributed by atoms with E-state index < -0.39 is 17.7 Å². The van der Waals surface area contributed by atoms with Crippen LogP contribution in [0.25, 0.3) is 0 Å². The maximum atomic E-state index is 14.1. The van der Waals surface area contributed by atoms with Gasteiger partial charge in [0.2, 0.25) is 5.91 Å². The fourth-order valence-corrected chi connectivity index (χ4v) is 3.15. The molecule has 3 atom stereocenters. The van der Waals surface area contributed by atoms with Crippen LogP contribution in [0.1, 0.15) is 29.5 Å². The van der Waals surface area contributed by atoms with E-state index in [-0.39, 0.29) is 29.9 Å². The topological polar surface area (TPSA) is 45.2 Å². The lowest BCUT2D eigenvalue weighted by molar-refractivity contribution is -0.122. The van der Waals surface area contributed by atoms with Crippen molar-refractivity contribution in [2.45, 2.75) is 18.4 Å². The molecule has 0 unspecified atom stereocenters. The van der Waals surface area contributed by atoms with Crippen molar-refractivity contribution in [3.63, 3.8) is 0 Å². The van der Waals surface area contributed by atoms with Crippen LogP contribution < -0.4 is 5.32 Å². The van der Waals surface area contributed by atoms with Crippen molar-refractivity contribution in [1.82, 2.24) is 15.2 Å². The van der Waals surface area contributed by atoms with E-state index in [1.165, 1.54) is 18.2 Å². The smallest absolute Gasteiger partial charge is 0.223 e. The van der Waals surface area contributed by atoms with E-state index in [1.807, 2.05) is 12.1 Å². The lowest BCUT2D eigenvalue weighted by atomic mass is 10.0. The molecule has 3 rings (SSSR count). The second-order valence-electron chi connectivity index (χ2n) is 6.59. The Balaban J connectivity index is 1.64. The lowest BCUT2D eigenvalue weighted by Gasteiger charge is -2.26. The van der Waals surface area contributed by atoms with Gasteiger partial charge in [-0.25, -0.2) is 8.78 Å². The first kappa shape index (κ1) is 17.5. The number of likely N-dealkylation sites (N-methyl/N-ethyl adjacent to an activating group) is 1. The van der Waals surface area contributed by atoms with Gasteiger partial charge in [-0.3, -0.25) is 9.78 Å². The molecule has 1 aliphatic rings. The highest BCUT2D eigenvalue weighted by Crippen LogP contribution is 2.47. The number of benzene rings is 1. The Morgan fingerprint density at radius 3 is 2.60 bits per heavy atom. The lowest BCUT2D eigenvalue weighted by Crippen LogP contribution is -2.36. The van der Waals surface area contributed by atoms with Crippen LogP contribution in [0.2, 0.25) is 0 Å². The molecule has 0 radical (unpaired) electrons. The van der Waals surface area contributed by atoms with Gasteiger partial charge in [-0.1, -0.05) is 12.1 Å². The third-order valence-electron chi connectivity index (χ3n) is 4.67. The molecule has 6 heteroatoms. The summed E-state index contributed by atoms with van der Waals surface area (Å²) in [7, 11) is 3.47. The van der Waals surface area contributed by atoms with Crippen molar-refractivity contribution in [1.29, 1.82) is 0 Å². The Morgan fingerprint density at radius 2 is 2.00 bits per heavy atom. The first-order valence-electron chi connectivity index (χ1n) is 8.27. The maximum absolute atomic E-state index is 14.1. The molecule has 0 bridgehead atoms. The Labute approximate surface area is 145 Å². The van der Waals surface area contributed by atoms with Gasteiger partial charge in [-0.2, -0.15) is 0 Å². The number of hydrogen-bond donors (Lipinski definition) is 1. The van der Waals surface area contributed by atoms with Crippen molar-refractivity contribution in [2.24, 2.45) is 5.92 Å². The van der Waals surface area contributed by atoms with Crippen LogP contribution in [-0.4, -0.2) is 36.4 Å². The summed E-state index contributed by atoms with van der Waals surface area (Å²) in [4.78, 5) is 18.2. The van der Waals surface area contributed by atoms with Crippen molar-refractivity contribution < 1.29 is 13.6 Å². The Morgan fingerprint density at radius 1 is 1.28 bits per heavy atom. The fraction of sp³-hybridized carbons (Fsp3) is 0.368. The predicted molar refractivity (Wildman–Crippen MR) is 90.9 cm³/mol. The molecule has 1 aromatic heterocycles. The number of pyridine rings is 1. The summed E-state index contributed by atoms with van der Waals surface area (Å²) in [5.74, 6) is -1.22. The second kappa shape index (κ2) is 7.27. The van der Waals surface area contributed by atoms with E-state index in [1.54, 1.807) is 31.4 Å². The predicted octanol–water partition coefficient (Wildman–Crippen LogP) is 2.88. The van der Waals surface area contributed by atoms with Crippen LogP contribution in [0.5, 0.6) is 0 Å². The normalized spacial score (nSPS) is 20.4. The van der Waals surface area contributed by atoms with E-state index >= 15 is 0 Å². The first-order valence-corrected chi connectivity index (χ1v) is 8.27. The van der Waals surface area contributed by atoms with E-state index in [0.29, 0.717) is 0 Å². The fourth-order valence-electron chi connectivity index (χ4n) is 3.15. The number of hydrogen-bond acceptors (Lipinski definition) is 3. The van der Waals surface area contributed by atoms with Gasteiger partial charge in [0, 0.05) is 30.4 Å². The van der Waals surface area contributed by atoms with E-state index in [9.17, 15) is 13.6 Å². The minimum absolute atomic E-state index is 0.0209. The molecule has 1 saturated carbocycles. The molecule has 4 nitrogen and oxygen atoms in total. The zero-order valence-corrected chi connectivity index (χ0v) is 14.2. The second-order valence-corrected chi connectivity index (χ2v) is 6.59. The number of nitrogens with zero attached hydrogens (tertiary/aromatic N) is 2. The summed E-state index contributed by atoms with van der Waals surface area (Å²) >= 11 is 0. The van der Waals surface area contributed by atoms with Crippen LogP contribution >= 0.6 is 0 Å². The summed E-state index contributed by atoms with van der Waals surface area (Å²) in [5, 5.41) is 2.84. The van der Waals surface area contributed by atoms with Crippen LogP contribution in [0.4, 0.5) is 8.78 Å². The van der Waals surface area contributed by atoms with Gasteiger partial charge in [0.15, 0.2) is 0 Å². The highest BCUT2D eigenvalue weighted by Gasteiger charge is 2.44. The quantitative estimate of drug-likeness (QED) is 0.876. The van der Waals surface area contributed by atoms with Crippen LogP contribution in [0.15, 0.2) is 42.7 Å². The average molecular weight is 345 g/mol. The molecule has 1 N–H and O–H groups in total. The number of aromatic nitrogens is 1. The Bertz CT molecular complexity index is 731. The molecule has 1 amide bonds. The third-order valence-corrected chi connectivity index (χ3v) is 4.67. The van der Waals surface area contributed by atoms with Crippen molar-refractivity contribution in [2.75, 3.05) is 20.6 Å². The van der Waals surface area contributed by atoms with Crippen LogP contribution in [0, 0.1) is 17.6 Å². The highest BCUT2D eigenvalue weighted by molar-refractivity contribution is 5.82. The zero-order chi connectivity index (χ0) is 18.0. The number of rotatable bonds is 6. The third kappa shape index (κ3) is 3.85. The van der Waals surface area contributed by atoms with Gasteiger partial charge in [0.1, 0.15) is 11.6 Å². The molecule has 0 spiro atoms. The van der Waals surface area contributed by atoms with E-state index in [4.69, 9.17) is 0 Å². The van der Waals surface area contributed by atoms with Crippen LogP contribution in [-0.2, 0) is 4.79 Å². The van der Waals surface area contributed by atoms with Crippen LogP contribution in [0.3, 0.4) is 0 Å². The number of carbonyl (C=O) groups excluding carboxylic acids is 1. The van der Waals surface area contributed by atoms with Gasteiger partial charge in [-0.15, -0.1) is 0 Å². The monoisotopic (exact) mass is 345 g/mol. The molecule has 1 heterocycles. The summed E-state index contributed by atoms with van der Waals surface area (Å²) in [5.41, 5.74) is 1.03. The molecule has 0 saturated heterocycles. The molecule has 25 heavy (non-hydrogen) atoms. The number of carbonyl (C=O) groups is 1. The average Bonchev–Trinajstić information content (AvgIpc) is 3.38. The summed E-state index contributed by atoms with van der Waals surface area (Å²) in [6.07, 6.45) is 4.25. The summed E-state index contributed by atoms with van der Waals surface area (Å²) < 4.78 is 28.1. The van der Waals surface area contributed by atoms with Crippen molar-refractivity contribution >= 4 is 5.91 Å². The summed E-state index contributed by atoms with van der Waals surface area (Å²) in [6, 6.07) is 7.04. The number of halogens is 2. The SMILES string of the molecule is CN(C)[C@H](CNC(=O)[C@H]1C[C@@H]1c1cccnc1)c1c(F)cccc1F. The molecular weight excluding hydrogens is 324 g/mol. The van der Waals surface area contributed by atoms with Gasteiger partial charge in [-0.05, 0) is 50.2 Å². The van der Waals surface area contributed by atoms with Gasteiger partial charge >= 0.3 is 0 Å². The maximum Gasteiger partial charge on any atom is 0.223 e. The minimum Gasteiger partial charge on any atom is -0.354 e. The molecule has 1 aliphatic carbocycles. The highest BCUT2D eigenvalue weighted by atomic mass is 19.1. The molecule has 1 aromatic carbocycles. The van der Waals surface area contributed by atoms with Crippen molar-refractivity contribution in [3.8, 4) is 0 Å². The Hall–Kier alpha value is -2.34. The summed E-state index contributed by atoms with van der Waals surface area (Å²) in [6.45, 7) is 0.153. The largest absolute Gasteiger partial charge is 0.354 e. The first-order chi connectivity index (χ1) is 12.0.